The van der Waals surface area contributed by atoms with E-state index in [1.807, 2.05) is 117 Å². The highest BCUT2D eigenvalue weighted by atomic mass is 14.7. The normalized spacial score (nSPS) is 11.0. The Labute approximate surface area is 800 Å². The topological polar surface area (TPSA) is 116 Å². The summed E-state index contributed by atoms with van der Waals surface area (Å²) in [4.78, 5) is 38.2. The van der Waals surface area contributed by atoms with E-state index in [4.69, 9.17) is 0 Å². The molecule has 0 N–H and O–H groups in total. The molecular weight excluding hydrogens is 1640 g/mol. The van der Waals surface area contributed by atoms with Gasteiger partial charge in [0.05, 0.1) is 22.1 Å². The molecule has 0 amide bonds. The Balaban J connectivity index is 0.000000129. The van der Waals surface area contributed by atoms with Gasteiger partial charge in [0.25, 0.3) is 0 Å². The Bertz CT molecular complexity index is 6600. The number of para-hydroxylation sites is 1. The quantitative estimate of drug-likeness (QED) is 0.118. The van der Waals surface area contributed by atoms with Crippen LogP contribution in [0.5, 0.6) is 0 Å². The van der Waals surface area contributed by atoms with Crippen LogP contribution in [0.3, 0.4) is 0 Å². The summed E-state index contributed by atoms with van der Waals surface area (Å²) < 4.78 is 0. The van der Waals surface area contributed by atoms with Crippen LogP contribution >= 0.6 is 0 Å². The molecule has 0 bridgehead atoms. The van der Waals surface area contributed by atoms with Crippen LogP contribution in [0.15, 0.2) is 402 Å². The van der Waals surface area contributed by atoms with Gasteiger partial charge in [0.15, 0.2) is 0 Å². The van der Waals surface area contributed by atoms with Crippen molar-refractivity contribution in [3.63, 3.8) is 0 Å². The molecular formula is C126H129N9. The largest absolute Gasteiger partial charge is 0.264 e. The third-order valence-electron chi connectivity index (χ3n) is 24.6. The van der Waals surface area contributed by atoms with Gasteiger partial charge in [-0.15, -0.1) is 0 Å². The number of pyridine rings is 9. The number of benzene rings is 12. The summed E-state index contributed by atoms with van der Waals surface area (Å²) in [7, 11) is 0. The minimum atomic E-state index is 0.563. The van der Waals surface area contributed by atoms with Crippen molar-refractivity contribution in [1.29, 1.82) is 0 Å². The van der Waals surface area contributed by atoms with Crippen molar-refractivity contribution >= 4 is 97.5 Å². The fraction of sp³-hybridized carbons (Fsp3) is 0.214. The van der Waals surface area contributed by atoms with Crippen LogP contribution in [0, 0.1) is 0 Å². The molecule has 9 nitrogen and oxygen atoms in total. The minimum Gasteiger partial charge on any atom is -0.264 e. The standard InChI is InChI=1S/3C18H17N.6C12H13N/c1-13(2)14-8-10-15(11-9-14)17-7-3-5-16-6-4-12-19-18(16)17;1-13(2)14-6-8-15(9-7-14)17-5-3-4-16-12-19-11-10-18(16)17;1-13(2)14-6-8-16(9-7-14)17-5-3-4-15-10-11-19-12-18(15)17;1-9(2)10-5-3-7-12-11(10)6-4-8-13-12;1-9(2)10-3-4-12-8-13-6-5-11(12)7-10;1-9(2)11-4-3-10-5-6-13-8-12(10)7-11;1-9(2)10-5-6-12-11(8-10)4-3-7-13-12;1-9(2)11-6-5-10-4-3-7-13-12(10)8-11;1-9(2)11-5-3-4-10-8-13-7-6-12(10)11/h3*3-13H,1-2H3;6*3-9H,1-2H3. The summed E-state index contributed by atoms with van der Waals surface area (Å²) in [5, 5.41) is 17.3. The van der Waals surface area contributed by atoms with Crippen molar-refractivity contribution in [3.05, 3.63) is 452 Å². The van der Waals surface area contributed by atoms with Crippen LogP contribution in [0.1, 0.15) is 228 Å². The lowest BCUT2D eigenvalue weighted by molar-refractivity contribution is 0.867. The molecule has 0 aliphatic rings. The average Bonchev–Trinajstić information content (AvgIpc) is 0.802. The Kier molecular flexibility index (Phi) is 34.9. The number of fused-ring (bicyclic) bond motifs is 9. The zero-order valence-electron chi connectivity index (χ0n) is 81.8. The second-order valence-corrected chi connectivity index (χ2v) is 37.2. The van der Waals surface area contributed by atoms with Crippen molar-refractivity contribution in [2.45, 2.75) is 178 Å². The summed E-state index contributed by atoms with van der Waals surface area (Å²) in [6, 6.07) is 111. The van der Waals surface area contributed by atoms with E-state index in [2.05, 4.69) is 455 Å². The molecule has 0 saturated heterocycles. The highest BCUT2D eigenvalue weighted by molar-refractivity contribution is 5.98. The predicted octanol–water partition coefficient (Wildman–Crippen LogP) is 35.2. The Morgan fingerprint density at radius 3 is 1.07 bits per heavy atom. The zero-order valence-corrected chi connectivity index (χ0v) is 81.8. The Morgan fingerprint density at radius 2 is 0.511 bits per heavy atom. The highest BCUT2D eigenvalue weighted by Crippen LogP contribution is 2.35. The predicted molar refractivity (Wildman–Crippen MR) is 579 cm³/mol. The van der Waals surface area contributed by atoms with Gasteiger partial charge in [-0.2, -0.15) is 0 Å². The summed E-state index contributed by atoms with van der Waals surface area (Å²) in [6.45, 7) is 39.8. The maximum Gasteiger partial charge on any atom is 0.0780 e. The molecule has 0 saturated carbocycles. The fourth-order valence-corrected chi connectivity index (χ4v) is 16.3. The van der Waals surface area contributed by atoms with E-state index in [0.29, 0.717) is 53.3 Å². The molecule has 9 heterocycles. The van der Waals surface area contributed by atoms with Crippen molar-refractivity contribution in [3.8, 4) is 33.4 Å². The molecule has 0 fully saturated rings. The first-order valence-electron chi connectivity index (χ1n) is 47.8. The van der Waals surface area contributed by atoms with Gasteiger partial charge in [-0.05, 0) is 243 Å². The van der Waals surface area contributed by atoms with E-state index in [-0.39, 0.29) is 0 Å². The Morgan fingerprint density at radius 1 is 0.163 bits per heavy atom. The van der Waals surface area contributed by atoms with Gasteiger partial charge in [-0.1, -0.05) is 355 Å². The van der Waals surface area contributed by atoms with E-state index in [1.54, 1.807) is 0 Å². The van der Waals surface area contributed by atoms with Crippen LogP contribution in [0.25, 0.3) is 131 Å². The summed E-state index contributed by atoms with van der Waals surface area (Å²) in [5.41, 5.74) is 24.2. The second kappa shape index (κ2) is 48.1. The number of hydrogen-bond acceptors (Lipinski definition) is 9. The maximum atomic E-state index is 4.52. The lowest BCUT2D eigenvalue weighted by Gasteiger charge is -2.09. The van der Waals surface area contributed by atoms with Gasteiger partial charge in [0, 0.05) is 141 Å². The number of nitrogens with zero attached hydrogens (tertiary/aromatic N) is 9. The van der Waals surface area contributed by atoms with E-state index in [0.717, 1.165) is 22.1 Å². The summed E-state index contributed by atoms with van der Waals surface area (Å²) >= 11 is 0. The molecule has 9 heteroatoms. The molecule has 0 unspecified atom stereocenters. The van der Waals surface area contributed by atoms with Gasteiger partial charge in [0.1, 0.15) is 0 Å². The summed E-state index contributed by atoms with van der Waals surface area (Å²) in [5.74, 6) is 5.20. The highest BCUT2D eigenvalue weighted by Gasteiger charge is 2.13. The molecule has 0 aliphatic carbocycles. The van der Waals surface area contributed by atoms with Gasteiger partial charge < -0.3 is 0 Å². The minimum absolute atomic E-state index is 0.563. The Hall–Kier alpha value is -14.7. The summed E-state index contributed by atoms with van der Waals surface area (Å²) in [6.07, 6.45) is 26.2. The maximum absolute atomic E-state index is 4.52. The molecule has 0 spiro atoms. The first kappa shape index (κ1) is 97.8. The van der Waals surface area contributed by atoms with E-state index >= 15 is 0 Å². The van der Waals surface area contributed by atoms with E-state index in [1.165, 1.54) is 159 Å². The number of aromatic nitrogens is 9. The lowest BCUT2D eigenvalue weighted by atomic mass is 9.96. The molecule has 135 heavy (non-hydrogen) atoms. The molecule has 12 aromatic carbocycles. The van der Waals surface area contributed by atoms with Crippen molar-refractivity contribution in [2.75, 3.05) is 0 Å². The molecule has 0 atom stereocenters. The third-order valence-corrected chi connectivity index (χ3v) is 24.6. The second-order valence-electron chi connectivity index (χ2n) is 37.2. The number of rotatable bonds is 12. The van der Waals surface area contributed by atoms with Crippen molar-refractivity contribution in [2.24, 2.45) is 0 Å². The smallest absolute Gasteiger partial charge is 0.0780 e. The van der Waals surface area contributed by atoms with Crippen LogP contribution in [0.2, 0.25) is 0 Å². The number of hydrogen-bond donors (Lipinski definition) is 0. The van der Waals surface area contributed by atoms with Crippen LogP contribution in [-0.4, -0.2) is 44.9 Å². The first-order valence-corrected chi connectivity index (χ1v) is 47.8. The lowest BCUT2D eigenvalue weighted by Crippen LogP contribution is -1.89. The van der Waals surface area contributed by atoms with E-state index < -0.39 is 0 Å². The first-order chi connectivity index (χ1) is 65.4. The van der Waals surface area contributed by atoms with Crippen LogP contribution in [-0.2, 0) is 0 Å². The van der Waals surface area contributed by atoms with Crippen LogP contribution < -0.4 is 0 Å². The molecule has 678 valence electrons. The molecule has 9 aromatic heterocycles. The van der Waals surface area contributed by atoms with Gasteiger partial charge in [-0.3, -0.25) is 44.9 Å². The van der Waals surface area contributed by atoms with Crippen LogP contribution in [0.4, 0.5) is 0 Å². The average molecular weight is 1770 g/mol. The van der Waals surface area contributed by atoms with Crippen molar-refractivity contribution < 1.29 is 0 Å². The van der Waals surface area contributed by atoms with E-state index in [9.17, 15) is 0 Å². The third kappa shape index (κ3) is 26.6. The van der Waals surface area contributed by atoms with Gasteiger partial charge in [-0.25, -0.2) is 0 Å². The molecule has 21 aromatic rings. The molecule has 0 radical (unpaired) electrons. The SMILES string of the molecule is CC(C)c1ccc(-c2cccc3cccnc23)cc1.CC(C)c1ccc(-c2cccc3ccncc23)cc1.CC(C)c1ccc(-c2cccc3cnccc23)cc1.CC(C)c1ccc2cccnc2c1.CC(C)c1ccc2ccncc2c1.CC(C)c1ccc2cnccc2c1.CC(C)c1ccc2ncccc2c1.CC(C)c1cccc2cnccc12.CC(C)c1cccc2ncccc12. The molecule has 21 rings (SSSR count). The van der Waals surface area contributed by atoms with Crippen molar-refractivity contribution in [1.82, 2.24) is 44.9 Å². The van der Waals surface area contributed by atoms with Gasteiger partial charge >= 0.3 is 0 Å². The monoisotopic (exact) mass is 1770 g/mol. The fourth-order valence-electron chi connectivity index (χ4n) is 16.3. The van der Waals surface area contributed by atoms with Gasteiger partial charge in [0.2, 0.25) is 0 Å². The molecule has 0 aliphatic heterocycles. The zero-order chi connectivity index (χ0) is 95.3.